The van der Waals surface area contributed by atoms with Crippen LogP contribution >= 0.6 is 15.9 Å². The molecule has 90 heavy (non-hydrogen) atoms. The van der Waals surface area contributed by atoms with E-state index in [1.165, 1.54) is 27.8 Å². The van der Waals surface area contributed by atoms with E-state index in [1.807, 2.05) is 78.9 Å². The Hall–Kier alpha value is -8.78. The Labute approximate surface area is 532 Å². The highest BCUT2D eigenvalue weighted by Crippen LogP contribution is 2.38. The van der Waals surface area contributed by atoms with E-state index in [0.717, 1.165) is 127 Å². The molecule has 454 valence electrons. The van der Waals surface area contributed by atoms with Crippen molar-refractivity contribution in [3.8, 4) is 11.1 Å². The van der Waals surface area contributed by atoms with E-state index in [1.54, 1.807) is 49.6 Å². The van der Waals surface area contributed by atoms with Gasteiger partial charge in [0.05, 0.1) is 71.3 Å². The number of aromatic nitrogens is 8. The lowest BCUT2D eigenvalue weighted by atomic mass is 9.74. The molecule has 1 fully saturated rings. The van der Waals surface area contributed by atoms with Crippen LogP contribution in [0.1, 0.15) is 106 Å². The summed E-state index contributed by atoms with van der Waals surface area (Å²) in [6, 6.07) is 40.6. The molecule has 12 aromatic rings. The molecule has 0 spiro atoms. The van der Waals surface area contributed by atoms with Crippen LogP contribution in [0.15, 0.2) is 175 Å². The summed E-state index contributed by atoms with van der Waals surface area (Å²) >= 11 is 3.56. The minimum atomic E-state index is -0.384. The molecular weight excluding hydrogens is 1190 g/mol. The van der Waals surface area contributed by atoms with Crippen LogP contribution in [0, 0.1) is 27.7 Å². The van der Waals surface area contributed by atoms with Crippen molar-refractivity contribution in [2.24, 2.45) is 0 Å². The van der Waals surface area contributed by atoms with Crippen molar-refractivity contribution >= 4 is 83.6 Å². The third kappa shape index (κ3) is 13.4. The van der Waals surface area contributed by atoms with E-state index >= 15 is 0 Å². The first kappa shape index (κ1) is 62.8. The second kappa shape index (κ2) is 27.1. The lowest BCUT2D eigenvalue weighted by molar-refractivity contribution is 0.00578. The van der Waals surface area contributed by atoms with Gasteiger partial charge in [-0.2, -0.15) is 0 Å². The number of hydrogen-bond acceptors (Lipinski definition) is 15. The van der Waals surface area contributed by atoms with Gasteiger partial charge in [-0.05, 0) is 194 Å². The smallest absolute Gasteiger partial charge is 0.399 e. The summed E-state index contributed by atoms with van der Waals surface area (Å²) in [4.78, 5) is 36.4. The van der Waals surface area contributed by atoms with Gasteiger partial charge in [0.15, 0.2) is 5.82 Å². The molecule has 0 unspecified atom stereocenters. The third-order valence-corrected chi connectivity index (χ3v) is 18.2. The summed E-state index contributed by atoms with van der Waals surface area (Å²) in [6.07, 6.45) is 16.0. The van der Waals surface area contributed by atoms with E-state index < -0.39 is 0 Å². The van der Waals surface area contributed by atoms with E-state index in [-0.39, 0.29) is 44.7 Å². The van der Waals surface area contributed by atoms with Crippen LogP contribution in [0.2, 0.25) is 0 Å². The van der Waals surface area contributed by atoms with Crippen molar-refractivity contribution in [2.75, 3.05) is 5.32 Å². The number of pyridine rings is 8. The Balaban J connectivity index is 0.000000146. The Kier molecular flexibility index (Phi) is 18.9. The van der Waals surface area contributed by atoms with Crippen LogP contribution in [0.4, 0.5) is 11.5 Å². The molecule has 17 heteroatoms. The van der Waals surface area contributed by atoms with E-state index in [9.17, 15) is 20.4 Å². The molecule has 0 aliphatic carbocycles. The number of benzene rings is 4. The summed E-state index contributed by atoms with van der Waals surface area (Å²) in [7, 11) is -0.384. The number of nitrogens with zero attached hydrogens (tertiary/aromatic N) is 8. The molecule has 0 bridgehead atoms. The SMILES string of the molecule is Cc1c(Br)cccc1Cc1nccc2cc(CO)cnc12.Cc1c(Cc2nccc3cc(CO)cnc23)cccc1-c1cccc(Nc2nccc3cc(CO)cnc23)c1C.Cc1c(Cc2nccc3cc(CO)cnc23)cccc1B1OC(C)(C)C(C)(C)O1. The molecule has 1 saturated heterocycles. The molecule has 9 heterocycles. The van der Waals surface area contributed by atoms with Gasteiger partial charge >= 0.3 is 7.12 Å². The first-order valence-electron chi connectivity index (χ1n) is 29.9. The van der Waals surface area contributed by atoms with Gasteiger partial charge < -0.3 is 35.1 Å². The summed E-state index contributed by atoms with van der Waals surface area (Å²) in [6.45, 7) is 16.6. The van der Waals surface area contributed by atoms with Crippen molar-refractivity contribution in [3.05, 3.63) is 254 Å². The molecular formula is C73H71BBrN9O6. The Morgan fingerprint density at radius 2 is 0.800 bits per heavy atom. The first-order valence-corrected chi connectivity index (χ1v) is 30.7. The highest BCUT2D eigenvalue weighted by molar-refractivity contribution is 9.10. The minimum Gasteiger partial charge on any atom is -0.399 e. The average Bonchev–Trinajstić information content (AvgIpc) is 1.60. The molecule has 0 amide bonds. The fourth-order valence-electron chi connectivity index (χ4n) is 11.3. The number of rotatable bonds is 14. The van der Waals surface area contributed by atoms with Gasteiger partial charge in [-0.15, -0.1) is 0 Å². The second-order valence-corrected chi connectivity index (χ2v) is 24.5. The Morgan fingerprint density at radius 1 is 0.422 bits per heavy atom. The molecule has 8 aromatic heterocycles. The van der Waals surface area contributed by atoms with Gasteiger partial charge in [0.25, 0.3) is 0 Å². The summed E-state index contributed by atoms with van der Waals surface area (Å²) in [5, 5.41) is 44.9. The van der Waals surface area contributed by atoms with Gasteiger partial charge in [-0.3, -0.25) is 34.9 Å². The Bertz CT molecular complexity index is 4470. The normalized spacial score (nSPS) is 13.3. The van der Waals surface area contributed by atoms with Crippen molar-refractivity contribution in [2.45, 2.75) is 112 Å². The predicted octanol–water partition coefficient (Wildman–Crippen LogP) is 13.3. The van der Waals surface area contributed by atoms with Crippen LogP contribution in [-0.2, 0) is 55.0 Å². The van der Waals surface area contributed by atoms with E-state index in [0.29, 0.717) is 18.7 Å². The second-order valence-electron chi connectivity index (χ2n) is 23.7. The average molecular weight is 1260 g/mol. The van der Waals surface area contributed by atoms with Crippen LogP contribution in [0.25, 0.3) is 54.7 Å². The van der Waals surface area contributed by atoms with E-state index in [2.05, 4.69) is 159 Å². The number of anilines is 2. The number of nitrogens with one attached hydrogen (secondary N) is 1. The number of fused-ring (bicyclic) bond motifs is 4. The maximum absolute atomic E-state index is 9.49. The summed E-state index contributed by atoms with van der Waals surface area (Å²) < 4.78 is 13.6. The zero-order chi connectivity index (χ0) is 63.3. The Morgan fingerprint density at radius 3 is 1.27 bits per heavy atom. The highest BCUT2D eigenvalue weighted by atomic mass is 79.9. The van der Waals surface area contributed by atoms with Crippen molar-refractivity contribution in [3.63, 3.8) is 0 Å². The molecule has 4 aromatic carbocycles. The molecule has 5 N–H and O–H groups in total. The summed E-state index contributed by atoms with van der Waals surface area (Å²) in [5.41, 5.74) is 21.2. The molecule has 1 aliphatic heterocycles. The number of halogens is 1. The van der Waals surface area contributed by atoms with Gasteiger partial charge in [-0.1, -0.05) is 76.6 Å². The lowest BCUT2D eigenvalue weighted by Gasteiger charge is -2.32. The molecule has 13 rings (SSSR count). The fourth-order valence-corrected chi connectivity index (χ4v) is 11.7. The third-order valence-electron chi connectivity index (χ3n) is 17.4. The zero-order valence-corrected chi connectivity index (χ0v) is 53.3. The van der Waals surface area contributed by atoms with Crippen molar-refractivity contribution in [1.29, 1.82) is 0 Å². The predicted molar refractivity (Wildman–Crippen MR) is 361 cm³/mol. The first-order chi connectivity index (χ1) is 43.5. The topological polar surface area (TPSA) is 215 Å². The van der Waals surface area contributed by atoms with Crippen LogP contribution in [-0.4, -0.2) is 78.6 Å². The number of aliphatic hydroxyl groups excluding tert-OH is 4. The van der Waals surface area contributed by atoms with Crippen molar-refractivity contribution < 1.29 is 29.7 Å². The maximum atomic E-state index is 9.49. The minimum absolute atomic E-state index is 0.00529. The van der Waals surface area contributed by atoms with Gasteiger partial charge in [0, 0.05) is 101 Å². The lowest BCUT2D eigenvalue weighted by Crippen LogP contribution is -2.41. The van der Waals surface area contributed by atoms with Gasteiger partial charge in [0.2, 0.25) is 0 Å². The molecule has 0 radical (unpaired) electrons. The molecule has 1 aliphatic rings. The van der Waals surface area contributed by atoms with Gasteiger partial charge in [0.1, 0.15) is 5.52 Å². The molecule has 0 atom stereocenters. The van der Waals surface area contributed by atoms with Crippen LogP contribution < -0.4 is 10.8 Å². The largest absolute Gasteiger partial charge is 0.495 e. The molecule has 15 nitrogen and oxygen atoms in total. The monoisotopic (exact) mass is 1260 g/mol. The maximum Gasteiger partial charge on any atom is 0.495 e. The highest BCUT2D eigenvalue weighted by Gasteiger charge is 2.52. The standard InChI is InChI=1S/C33H29N5O2.C23H27BN2O3.C17H15BrN2O/c1-20-24(15-30-31-25(9-11-34-30)13-22(18-39)16-36-31)5-3-6-27(20)28-7-4-8-29(21(28)2)38-33-32-26(10-12-35-33)14-23(19-40)17-37-32;1-15-17(7-6-8-19(15)24-28-22(2,3)23(4,5)29-24)12-20-21-18(9-10-25-20)11-16(14-27)13-26-21;1-11-13(3-2-4-15(11)18)8-16-17-14(5-6-19-16)7-12(10-21)9-20-17/h3-14,16-17,39-40H,15,18-19H2,1-2H3,(H,35,38);6-11,13,27H,12,14H2,1-5H3;2-7,9,21H,8,10H2,1H3. The number of aliphatic hydroxyl groups is 4. The van der Waals surface area contributed by atoms with Crippen LogP contribution in [0.3, 0.4) is 0 Å². The number of hydrogen-bond donors (Lipinski definition) is 5. The van der Waals surface area contributed by atoms with Gasteiger partial charge in [-0.25, -0.2) is 4.98 Å². The fraction of sp³-hybridized carbons (Fsp3) is 0.233. The quantitative estimate of drug-likeness (QED) is 0.0640. The molecule has 0 saturated carbocycles. The van der Waals surface area contributed by atoms with Crippen LogP contribution in [0.5, 0.6) is 0 Å². The summed E-state index contributed by atoms with van der Waals surface area (Å²) in [5.74, 6) is 0.673. The van der Waals surface area contributed by atoms with E-state index in [4.69, 9.17) is 9.31 Å². The zero-order valence-electron chi connectivity index (χ0n) is 51.8. The van der Waals surface area contributed by atoms with Crippen molar-refractivity contribution in [1.82, 2.24) is 39.9 Å².